The van der Waals surface area contributed by atoms with Crippen molar-refractivity contribution in [2.24, 2.45) is 0 Å². The Morgan fingerprint density at radius 3 is 2.41 bits per heavy atom. The van der Waals surface area contributed by atoms with Gasteiger partial charge in [0.15, 0.2) is 5.16 Å². The SMILES string of the molecule is COc1ccc(C(=O)N2CCN(C(=O)CSc3nc4ccccc4[nH]3)CC2)cc1. The number of carbonyl (C=O) groups excluding carboxylic acids is 2. The quantitative estimate of drug-likeness (QED) is 0.655. The van der Waals surface area contributed by atoms with E-state index in [0.717, 1.165) is 21.9 Å². The first-order chi connectivity index (χ1) is 14.1. The molecule has 2 heterocycles. The molecule has 8 heteroatoms. The molecule has 1 aliphatic heterocycles. The molecule has 0 unspecified atom stereocenters. The predicted octanol–water partition coefficient (Wildman–Crippen LogP) is 2.65. The first kappa shape index (κ1) is 19.3. The molecule has 1 saturated heterocycles. The maximum absolute atomic E-state index is 12.6. The van der Waals surface area contributed by atoms with Crippen molar-refractivity contribution >= 4 is 34.6 Å². The molecule has 4 rings (SSSR count). The third-order valence-electron chi connectivity index (χ3n) is 4.96. The zero-order valence-corrected chi connectivity index (χ0v) is 16.9. The number of aromatic amines is 1. The highest BCUT2D eigenvalue weighted by molar-refractivity contribution is 7.99. The van der Waals surface area contributed by atoms with E-state index in [0.29, 0.717) is 37.5 Å². The Labute approximate surface area is 173 Å². The van der Waals surface area contributed by atoms with E-state index in [9.17, 15) is 9.59 Å². The number of hydrogen-bond donors (Lipinski definition) is 1. The summed E-state index contributed by atoms with van der Waals surface area (Å²) in [7, 11) is 1.60. The first-order valence-electron chi connectivity index (χ1n) is 9.43. The molecule has 1 aromatic heterocycles. The van der Waals surface area contributed by atoms with Crippen LogP contribution in [0, 0.1) is 0 Å². The number of nitrogens with zero attached hydrogens (tertiary/aromatic N) is 3. The van der Waals surface area contributed by atoms with Gasteiger partial charge >= 0.3 is 0 Å². The minimum absolute atomic E-state index is 0.0172. The van der Waals surface area contributed by atoms with Gasteiger partial charge < -0.3 is 19.5 Å². The highest BCUT2D eigenvalue weighted by Crippen LogP contribution is 2.20. The maximum atomic E-state index is 12.6. The summed E-state index contributed by atoms with van der Waals surface area (Å²) in [5.74, 6) is 1.09. The molecule has 29 heavy (non-hydrogen) atoms. The average molecular weight is 410 g/mol. The zero-order chi connectivity index (χ0) is 20.2. The number of aromatic nitrogens is 2. The van der Waals surface area contributed by atoms with Crippen molar-refractivity contribution < 1.29 is 14.3 Å². The number of methoxy groups -OCH3 is 1. The number of thioether (sulfide) groups is 1. The second-order valence-corrected chi connectivity index (χ2v) is 7.71. The molecule has 3 aromatic rings. The second kappa shape index (κ2) is 8.57. The lowest BCUT2D eigenvalue weighted by molar-refractivity contribution is -0.129. The minimum atomic E-state index is -0.0172. The lowest BCUT2D eigenvalue weighted by Gasteiger charge is -2.34. The lowest BCUT2D eigenvalue weighted by atomic mass is 10.1. The molecule has 1 aliphatic rings. The van der Waals surface area contributed by atoms with Gasteiger partial charge in [-0.15, -0.1) is 0 Å². The molecule has 1 N–H and O–H groups in total. The average Bonchev–Trinajstić information content (AvgIpc) is 3.20. The largest absolute Gasteiger partial charge is 0.497 e. The van der Waals surface area contributed by atoms with E-state index in [-0.39, 0.29) is 11.8 Å². The van der Waals surface area contributed by atoms with Crippen LogP contribution in [0.5, 0.6) is 5.75 Å². The Morgan fingerprint density at radius 1 is 1.03 bits per heavy atom. The smallest absolute Gasteiger partial charge is 0.253 e. The number of hydrogen-bond acceptors (Lipinski definition) is 5. The summed E-state index contributed by atoms with van der Waals surface area (Å²) in [4.78, 5) is 36.5. The minimum Gasteiger partial charge on any atom is -0.497 e. The first-order valence-corrected chi connectivity index (χ1v) is 10.4. The zero-order valence-electron chi connectivity index (χ0n) is 16.1. The van der Waals surface area contributed by atoms with E-state index < -0.39 is 0 Å². The van der Waals surface area contributed by atoms with Crippen molar-refractivity contribution in [1.82, 2.24) is 19.8 Å². The van der Waals surface area contributed by atoms with Crippen LogP contribution in [0.4, 0.5) is 0 Å². The van der Waals surface area contributed by atoms with E-state index in [1.165, 1.54) is 11.8 Å². The summed E-state index contributed by atoms with van der Waals surface area (Å²) >= 11 is 1.41. The standard InChI is InChI=1S/C21H22N4O3S/c1-28-16-8-6-15(7-9-16)20(27)25-12-10-24(11-13-25)19(26)14-29-21-22-17-4-2-3-5-18(17)23-21/h2-9H,10-14H2,1H3,(H,22,23). The Bertz CT molecular complexity index is 977. The van der Waals surface area contributed by atoms with Gasteiger partial charge in [0.2, 0.25) is 5.91 Å². The number of amides is 2. The van der Waals surface area contributed by atoms with Crippen molar-refractivity contribution in [1.29, 1.82) is 0 Å². The van der Waals surface area contributed by atoms with E-state index in [2.05, 4.69) is 9.97 Å². The van der Waals surface area contributed by atoms with Crippen LogP contribution in [0.3, 0.4) is 0 Å². The van der Waals surface area contributed by atoms with Crippen molar-refractivity contribution in [2.45, 2.75) is 5.16 Å². The molecule has 0 spiro atoms. The Balaban J connectivity index is 1.28. The molecule has 0 radical (unpaired) electrons. The molecular weight excluding hydrogens is 388 g/mol. The second-order valence-electron chi connectivity index (χ2n) is 6.75. The highest BCUT2D eigenvalue weighted by atomic mass is 32.2. The molecule has 0 aliphatic carbocycles. The monoisotopic (exact) mass is 410 g/mol. The Hall–Kier alpha value is -3.00. The van der Waals surface area contributed by atoms with E-state index in [4.69, 9.17) is 4.74 Å². The van der Waals surface area contributed by atoms with Crippen molar-refractivity contribution in [3.63, 3.8) is 0 Å². The molecule has 1 fully saturated rings. The summed E-state index contributed by atoms with van der Waals surface area (Å²) < 4.78 is 5.13. The van der Waals surface area contributed by atoms with Gasteiger partial charge in [-0.3, -0.25) is 9.59 Å². The van der Waals surface area contributed by atoms with Gasteiger partial charge in [0, 0.05) is 31.7 Å². The Morgan fingerprint density at radius 2 is 1.72 bits per heavy atom. The van der Waals surface area contributed by atoms with Crippen LogP contribution in [0.1, 0.15) is 10.4 Å². The van der Waals surface area contributed by atoms with E-state index in [1.807, 2.05) is 29.2 Å². The summed E-state index contributed by atoms with van der Waals surface area (Å²) in [5, 5.41) is 0.743. The fourth-order valence-corrected chi connectivity index (χ4v) is 4.08. The van der Waals surface area contributed by atoms with Gasteiger partial charge in [-0.1, -0.05) is 23.9 Å². The third kappa shape index (κ3) is 4.37. The van der Waals surface area contributed by atoms with Gasteiger partial charge in [-0.25, -0.2) is 4.98 Å². The molecule has 7 nitrogen and oxygen atoms in total. The van der Waals surface area contributed by atoms with E-state index in [1.54, 1.807) is 36.3 Å². The number of fused-ring (bicyclic) bond motifs is 1. The number of benzene rings is 2. The number of ether oxygens (including phenoxy) is 1. The number of carbonyl (C=O) groups is 2. The summed E-state index contributed by atoms with van der Waals surface area (Å²) in [6.45, 7) is 2.15. The molecule has 2 amide bonds. The van der Waals surface area contributed by atoms with Gasteiger partial charge in [-0.05, 0) is 36.4 Å². The fourth-order valence-electron chi connectivity index (χ4n) is 3.29. The molecule has 2 aromatic carbocycles. The number of piperazine rings is 1. The van der Waals surface area contributed by atoms with Crippen LogP contribution in [0.2, 0.25) is 0 Å². The number of H-pyrrole nitrogens is 1. The molecule has 0 atom stereocenters. The normalized spacial score (nSPS) is 14.2. The lowest BCUT2D eigenvalue weighted by Crippen LogP contribution is -2.51. The topological polar surface area (TPSA) is 78.5 Å². The van der Waals surface area contributed by atoms with E-state index >= 15 is 0 Å². The van der Waals surface area contributed by atoms with Crippen LogP contribution < -0.4 is 4.74 Å². The molecular formula is C21H22N4O3S. The summed E-state index contributed by atoms with van der Waals surface area (Å²) in [6, 6.07) is 14.9. The van der Waals surface area contributed by atoms with Crippen molar-refractivity contribution in [3.05, 3.63) is 54.1 Å². The molecule has 150 valence electrons. The predicted molar refractivity (Wildman–Crippen MR) is 112 cm³/mol. The van der Waals surface area contributed by atoms with Crippen LogP contribution in [-0.4, -0.2) is 70.6 Å². The number of imidazole rings is 1. The van der Waals surface area contributed by atoms with Gasteiger partial charge in [-0.2, -0.15) is 0 Å². The van der Waals surface area contributed by atoms with Crippen LogP contribution in [-0.2, 0) is 4.79 Å². The van der Waals surface area contributed by atoms with Crippen molar-refractivity contribution in [3.8, 4) is 5.75 Å². The number of para-hydroxylation sites is 2. The number of rotatable bonds is 5. The van der Waals surface area contributed by atoms with Crippen molar-refractivity contribution in [2.75, 3.05) is 39.0 Å². The van der Waals surface area contributed by atoms with Gasteiger partial charge in [0.1, 0.15) is 5.75 Å². The maximum Gasteiger partial charge on any atom is 0.253 e. The summed E-state index contributed by atoms with van der Waals surface area (Å²) in [6.07, 6.45) is 0. The van der Waals surface area contributed by atoms with Crippen LogP contribution in [0.15, 0.2) is 53.7 Å². The van der Waals surface area contributed by atoms with Crippen LogP contribution in [0.25, 0.3) is 11.0 Å². The fraction of sp³-hybridized carbons (Fsp3) is 0.286. The highest BCUT2D eigenvalue weighted by Gasteiger charge is 2.25. The van der Waals surface area contributed by atoms with Gasteiger partial charge in [0.05, 0.1) is 23.9 Å². The molecule has 0 bridgehead atoms. The number of nitrogens with one attached hydrogen (secondary N) is 1. The van der Waals surface area contributed by atoms with Crippen LogP contribution >= 0.6 is 11.8 Å². The Kier molecular flexibility index (Phi) is 5.71. The van der Waals surface area contributed by atoms with Gasteiger partial charge in [0.25, 0.3) is 5.91 Å². The third-order valence-corrected chi connectivity index (χ3v) is 5.81. The summed E-state index contributed by atoms with van der Waals surface area (Å²) in [5.41, 5.74) is 2.49. The molecule has 0 saturated carbocycles.